The Morgan fingerprint density at radius 3 is 2.59 bits per heavy atom. The van der Waals surface area contributed by atoms with Gasteiger partial charge in [-0.2, -0.15) is 0 Å². The first-order chi connectivity index (χ1) is 13.0. The number of thiazole rings is 1. The van der Waals surface area contributed by atoms with E-state index in [1.165, 1.54) is 11.1 Å². The van der Waals surface area contributed by atoms with Gasteiger partial charge in [-0.25, -0.2) is 9.78 Å². The number of hydrogen-bond donors (Lipinski definition) is 1. The summed E-state index contributed by atoms with van der Waals surface area (Å²) in [4.78, 5) is 21.3. The zero-order chi connectivity index (χ0) is 19.0. The highest BCUT2D eigenvalue weighted by Gasteiger charge is 2.23. The molecule has 0 spiro atoms. The van der Waals surface area contributed by atoms with E-state index in [2.05, 4.69) is 24.1 Å². The van der Waals surface area contributed by atoms with Crippen molar-refractivity contribution in [3.8, 4) is 0 Å². The molecule has 0 bridgehead atoms. The Morgan fingerprint density at radius 1 is 1.07 bits per heavy atom. The number of carbonyl (C=O) groups excluding carboxylic acids is 1. The molecule has 140 valence electrons. The van der Waals surface area contributed by atoms with E-state index in [0.717, 1.165) is 39.1 Å². The maximum atomic E-state index is 12.6. The molecule has 5 nitrogen and oxygen atoms in total. The first-order valence-electron chi connectivity index (χ1n) is 8.94. The van der Waals surface area contributed by atoms with E-state index < -0.39 is 0 Å². The average Bonchev–Trinajstić information content (AvgIpc) is 3.08. The van der Waals surface area contributed by atoms with Crippen molar-refractivity contribution in [2.75, 3.05) is 36.4 Å². The van der Waals surface area contributed by atoms with Gasteiger partial charge in [-0.15, -0.1) is 0 Å². The van der Waals surface area contributed by atoms with Crippen molar-refractivity contribution in [1.29, 1.82) is 0 Å². The monoisotopic (exact) mass is 400 g/mol. The van der Waals surface area contributed by atoms with Gasteiger partial charge in [0.15, 0.2) is 5.13 Å². The van der Waals surface area contributed by atoms with Crippen LogP contribution in [0.1, 0.15) is 11.1 Å². The van der Waals surface area contributed by atoms with Gasteiger partial charge in [-0.05, 0) is 55.3 Å². The van der Waals surface area contributed by atoms with Gasteiger partial charge < -0.3 is 15.1 Å². The Morgan fingerprint density at radius 2 is 1.85 bits per heavy atom. The second kappa shape index (κ2) is 7.37. The van der Waals surface area contributed by atoms with Gasteiger partial charge in [0, 0.05) is 36.9 Å². The number of halogens is 1. The highest BCUT2D eigenvalue weighted by Crippen LogP contribution is 2.31. The summed E-state index contributed by atoms with van der Waals surface area (Å²) in [6.45, 7) is 7.01. The molecule has 1 aliphatic rings. The maximum Gasteiger partial charge on any atom is 0.321 e. The van der Waals surface area contributed by atoms with Gasteiger partial charge in [0.05, 0.1) is 10.2 Å². The van der Waals surface area contributed by atoms with E-state index in [-0.39, 0.29) is 6.03 Å². The van der Waals surface area contributed by atoms with Crippen molar-refractivity contribution in [2.45, 2.75) is 13.8 Å². The number of aromatic nitrogens is 1. The molecule has 1 fully saturated rings. The number of nitrogens with one attached hydrogen (secondary N) is 1. The van der Waals surface area contributed by atoms with Gasteiger partial charge in [-0.1, -0.05) is 29.0 Å². The Bertz CT molecular complexity index is 995. The number of fused-ring (bicyclic) bond motifs is 1. The lowest BCUT2D eigenvalue weighted by molar-refractivity contribution is 0.208. The summed E-state index contributed by atoms with van der Waals surface area (Å²) in [5.41, 5.74) is 4.20. The van der Waals surface area contributed by atoms with E-state index >= 15 is 0 Å². The van der Waals surface area contributed by atoms with Crippen LogP contribution in [0.15, 0.2) is 36.4 Å². The third-order valence-corrected chi connectivity index (χ3v) is 6.25. The van der Waals surface area contributed by atoms with Crippen LogP contribution < -0.4 is 10.2 Å². The largest absolute Gasteiger partial charge is 0.345 e. The SMILES string of the molecule is Cc1ccc(NC(=O)N2CCN(c3nc4ccc(Cl)cc4s3)CC2)cc1C. The number of piperazine rings is 1. The number of carbonyl (C=O) groups is 1. The number of aryl methyl sites for hydroxylation is 2. The fraction of sp³-hybridized carbons (Fsp3) is 0.300. The van der Waals surface area contributed by atoms with Crippen LogP contribution in [0.5, 0.6) is 0 Å². The van der Waals surface area contributed by atoms with Crippen LogP contribution in [0, 0.1) is 13.8 Å². The second-order valence-corrected chi connectivity index (χ2v) is 8.26. The summed E-state index contributed by atoms with van der Waals surface area (Å²) in [7, 11) is 0. The number of hydrogen-bond acceptors (Lipinski definition) is 4. The van der Waals surface area contributed by atoms with Gasteiger partial charge in [-0.3, -0.25) is 0 Å². The summed E-state index contributed by atoms with van der Waals surface area (Å²) >= 11 is 7.71. The molecule has 2 amide bonds. The van der Waals surface area contributed by atoms with E-state index in [1.54, 1.807) is 11.3 Å². The summed E-state index contributed by atoms with van der Waals surface area (Å²) in [6, 6.07) is 11.7. The molecule has 27 heavy (non-hydrogen) atoms. The van der Waals surface area contributed by atoms with E-state index in [1.807, 2.05) is 41.3 Å². The predicted octanol–water partition coefficient (Wildman–Crippen LogP) is 4.92. The van der Waals surface area contributed by atoms with E-state index in [9.17, 15) is 4.79 Å². The van der Waals surface area contributed by atoms with Crippen LogP contribution >= 0.6 is 22.9 Å². The van der Waals surface area contributed by atoms with Crippen LogP contribution in [0.3, 0.4) is 0 Å². The third-order valence-electron chi connectivity index (χ3n) is 4.93. The molecule has 2 aromatic carbocycles. The van der Waals surface area contributed by atoms with Crippen LogP contribution in [0.2, 0.25) is 5.02 Å². The average molecular weight is 401 g/mol. The van der Waals surface area contributed by atoms with Crippen molar-refractivity contribution in [3.05, 3.63) is 52.5 Å². The minimum atomic E-state index is -0.0472. The van der Waals surface area contributed by atoms with E-state index in [4.69, 9.17) is 16.6 Å². The lowest BCUT2D eigenvalue weighted by Gasteiger charge is -2.34. The highest BCUT2D eigenvalue weighted by atomic mass is 35.5. The summed E-state index contributed by atoms with van der Waals surface area (Å²) in [5.74, 6) is 0. The molecular weight excluding hydrogens is 380 g/mol. The summed E-state index contributed by atoms with van der Waals surface area (Å²) < 4.78 is 1.09. The van der Waals surface area contributed by atoms with Crippen LogP contribution in [0.25, 0.3) is 10.2 Å². The minimum absolute atomic E-state index is 0.0472. The quantitative estimate of drug-likeness (QED) is 0.664. The first kappa shape index (κ1) is 18.1. The fourth-order valence-electron chi connectivity index (χ4n) is 3.14. The zero-order valence-corrected chi connectivity index (χ0v) is 16.9. The number of nitrogens with zero attached hydrogens (tertiary/aromatic N) is 3. The number of rotatable bonds is 2. The van der Waals surface area contributed by atoms with Crippen molar-refractivity contribution >= 4 is 50.0 Å². The molecule has 0 unspecified atom stereocenters. The third kappa shape index (κ3) is 3.87. The molecular formula is C20H21ClN4OS. The van der Waals surface area contributed by atoms with E-state index in [0.29, 0.717) is 13.1 Å². The number of urea groups is 1. The lowest BCUT2D eigenvalue weighted by atomic mass is 10.1. The molecule has 0 saturated carbocycles. The van der Waals surface area contributed by atoms with Crippen molar-refractivity contribution in [2.24, 2.45) is 0 Å². The molecule has 0 atom stereocenters. The fourth-order valence-corrected chi connectivity index (χ4v) is 4.44. The molecule has 0 aliphatic carbocycles. The first-order valence-corrected chi connectivity index (χ1v) is 10.1. The normalized spacial score (nSPS) is 14.6. The highest BCUT2D eigenvalue weighted by molar-refractivity contribution is 7.22. The molecule has 0 radical (unpaired) electrons. The molecule has 1 N–H and O–H groups in total. The van der Waals surface area contributed by atoms with Crippen molar-refractivity contribution < 1.29 is 4.79 Å². The Balaban J connectivity index is 1.38. The number of benzene rings is 2. The van der Waals surface area contributed by atoms with Gasteiger partial charge >= 0.3 is 6.03 Å². The summed E-state index contributed by atoms with van der Waals surface area (Å²) in [6.07, 6.45) is 0. The van der Waals surface area contributed by atoms with Crippen LogP contribution in [0.4, 0.5) is 15.6 Å². The molecule has 1 aliphatic heterocycles. The Hall–Kier alpha value is -2.31. The Labute approximate surface area is 167 Å². The van der Waals surface area contributed by atoms with Gasteiger partial charge in [0.2, 0.25) is 0 Å². The molecule has 1 aromatic heterocycles. The lowest BCUT2D eigenvalue weighted by Crippen LogP contribution is -2.50. The molecule has 7 heteroatoms. The van der Waals surface area contributed by atoms with Crippen molar-refractivity contribution in [3.63, 3.8) is 0 Å². The second-order valence-electron chi connectivity index (χ2n) is 6.81. The standard InChI is InChI=1S/C20H21ClN4OS/c1-13-3-5-16(11-14(13)2)22-19(26)24-7-9-25(10-8-24)20-23-17-6-4-15(21)12-18(17)27-20/h3-6,11-12H,7-10H2,1-2H3,(H,22,26). The predicted molar refractivity (Wildman–Crippen MR) is 113 cm³/mol. The molecule has 4 rings (SSSR count). The topological polar surface area (TPSA) is 48.5 Å². The van der Waals surface area contributed by atoms with Crippen LogP contribution in [-0.4, -0.2) is 42.1 Å². The van der Waals surface area contributed by atoms with Crippen molar-refractivity contribution in [1.82, 2.24) is 9.88 Å². The smallest absolute Gasteiger partial charge is 0.321 e. The number of amides is 2. The minimum Gasteiger partial charge on any atom is -0.345 e. The molecule has 3 aromatic rings. The maximum absolute atomic E-state index is 12.6. The van der Waals surface area contributed by atoms with Crippen LogP contribution in [-0.2, 0) is 0 Å². The molecule has 2 heterocycles. The number of anilines is 2. The molecule has 1 saturated heterocycles. The zero-order valence-electron chi connectivity index (χ0n) is 15.3. The Kier molecular flexibility index (Phi) is 4.93. The van der Waals surface area contributed by atoms with Gasteiger partial charge in [0.1, 0.15) is 0 Å². The van der Waals surface area contributed by atoms with Gasteiger partial charge in [0.25, 0.3) is 0 Å². The summed E-state index contributed by atoms with van der Waals surface area (Å²) in [5, 5.41) is 4.72.